The maximum atomic E-state index is 13.2. The van der Waals surface area contributed by atoms with Crippen LogP contribution in [0.25, 0.3) is 0 Å². The van der Waals surface area contributed by atoms with Crippen molar-refractivity contribution in [3.8, 4) is 0 Å². The molecule has 1 aromatic carbocycles. The summed E-state index contributed by atoms with van der Waals surface area (Å²) in [6.45, 7) is 0.470. The number of hydrogen-bond donors (Lipinski definition) is 1. The van der Waals surface area contributed by atoms with Crippen LogP contribution in [0.4, 0.5) is 13.2 Å². The van der Waals surface area contributed by atoms with E-state index in [4.69, 9.17) is 0 Å². The third kappa shape index (κ3) is 3.96. The summed E-state index contributed by atoms with van der Waals surface area (Å²) >= 11 is 2.22. The van der Waals surface area contributed by atoms with Gasteiger partial charge in [0.05, 0.1) is 5.56 Å². The van der Waals surface area contributed by atoms with Gasteiger partial charge in [0.25, 0.3) is 0 Å². The van der Waals surface area contributed by atoms with Crippen LogP contribution >= 0.6 is 23.1 Å². The quantitative estimate of drug-likeness (QED) is 0.900. The van der Waals surface area contributed by atoms with E-state index in [1.165, 1.54) is 29.0 Å². The maximum Gasteiger partial charge on any atom is 0.417 e. The van der Waals surface area contributed by atoms with Crippen LogP contribution in [0.2, 0.25) is 0 Å². The van der Waals surface area contributed by atoms with Gasteiger partial charge in [-0.15, -0.1) is 10.2 Å². The molecular formula is C13H12F3N3S2. The van der Waals surface area contributed by atoms with Gasteiger partial charge < -0.3 is 5.32 Å². The van der Waals surface area contributed by atoms with Gasteiger partial charge >= 0.3 is 6.18 Å². The van der Waals surface area contributed by atoms with Crippen LogP contribution < -0.4 is 5.32 Å². The smallest absolute Gasteiger partial charge is 0.310 e. The first kappa shape index (κ1) is 14.8. The van der Waals surface area contributed by atoms with E-state index in [-0.39, 0.29) is 4.90 Å². The van der Waals surface area contributed by atoms with E-state index in [1.54, 1.807) is 6.07 Å². The predicted octanol–water partition coefficient (Wildman–Crippen LogP) is 3.96. The highest BCUT2D eigenvalue weighted by atomic mass is 32.2. The summed E-state index contributed by atoms with van der Waals surface area (Å²) in [6.07, 6.45) is -2.16. The first-order valence-electron chi connectivity index (χ1n) is 6.40. The molecule has 1 saturated carbocycles. The van der Waals surface area contributed by atoms with Crippen LogP contribution in [0.3, 0.4) is 0 Å². The second kappa shape index (κ2) is 5.94. The summed E-state index contributed by atoms with van der Waals surface area (Å²) in [5, 5.41) is 10.6. The Kier molecular flexibility index (Phi) is 4.19. The van der Waals surface area contributed by atoms with Crippen molar-refractivity contribution in [2.75, 3.05) is 0 Å². The molecule has 0 bridgehead atoms. The Morgan fingerprint density at radius 1 is 1.33 bits per heavy atom. The molecule has 1 aliphatic rings. The van der Waals surface area contributed by atoms with Crippen molar-refractivity contribution in [3.63, 3.8) is 0 Å². The Hall–Kier alpha value is -1.12. The number of hydrogen-bond acceptors (Lipinski definition) is 5. The molecule has 0 atom stereocenters. The molecule has 1 aromatic heterocycles. The van der Waals surface area contributed by atoms with Crippen LogP contribution in [-0.2, 0) is 12.7 Å². The first-order valence-corrected chi connectivity index (χ1v) is 8.09. The number of alkyl halides is 3. The van der Waals surface area contributed by atoms with Crippen molar-refractivity contribution in [1.82, 2.24) is 15.5 Å². The second-order valence-corrected chi connectivity index (χ2v) is 6.91. The Morgan fingerprint density at radius 3 is 2.76 bits per heavy atom. The molecule has 1 fully saturated rings. The van der Waals surface area contributed by atoms with Crippen LogP contribution in [0.1, 0.15) is 24.0 Å². The van der Waals surface area contributed by atoms with E-state index in [9.17, 15) is 13.2 Å². The number of halogens is 3. The van der Waals surface area contributed by atoms with E-state index in [2.05, 4.69) is 15.5 Å². The first-order chi connectivity index (χ1) is 10.0. The molecule has 0 saturated heterocycles. The van der Waals surface area contributed by atoms with Gasteiger partial charge in [-0.05, 0) is 30.5 Å². The van der Waals surface area contributed by atoms with Gasteiger partial charge in [0.1, 0.15) is 5.51 Å². The van der Waals surface area contributed by atoms with E-state index < -0.39 is 11.7 Å². The number of rotatable bonds is 5. The molecule has 0 unspecified atom stereocenters. The molecule has 1 aliphatic carbocycles. The zero-order valence-corrected chi connectivity index (χ0v) is 12.5. The molecule has 112 valence electrons. The van der Waals surface area contributed by atoms with Crippen LogP contribution in [0, 0.1) is 0 Å². The molecule has 8 heteroatoms. The maximum absolute atomic E-state index is 13.2. The van der Waals surface area contributed by atoms with Gasteiger partial charge in [-0.3, -0.25) is 0 Å². The molecule has 3 rings (SSSR count). The Labute approximate surface area is 128 Å². The monoisotopic (exact) mass is 331 g/mol. The molecule has 1 N–H and O–H groups in total. The fourth-order valence-electron chi connectivity index (χ4n) is 1.85. The predicted molar refractivity (Wildman–Crippen MR) is 75.3 cm³/mol. The summed E-state index contributed by atoms with van der Waals surface area (Å²) in [5.41, 5.74) is 1.54. The average Bonchev–Trinajstić information content (AvgIpc) is 3.12. The molecule has 1 heterocycles. The van der Waals surface area contributed by atoms with E-state index >= 15 is 0 Å². The molecule has 0 amide bonds. The van der Waals surface area contributed by atoms with E-state index in [0.29, 0.717) is 22.5 Å². The molecule has 0 spiro atoms. The highest BCUT2D eigenvalue weighted by Crippen LogP contribution is 2.40. The summed E-state index contributed by atoms with van der Waals surface area (Å²) in [6, 6.07) is 4.93. The number of nitrogens with zero attached hydrogens (tertiary/aromatic N) is 2. The van der Waals surface area contributed by atoms with Crippen molar-refractivity contribution >= 4 is 23.1 Å². The van der Waals surface area contributed by atoms with Crippen molar-refractivity contribution in [2.45, 2.75) is 40.8 Å². The fraction of sp³-hybridized carbons (Fsp3) is 0.385. The minimum atomic E-state index is -4.37. The molecule has 0 aliphatic heterocycles. The third-order valence-electron chi connectivity index (χ3n) is 3.06. The highest BCUT2D eigenvalue weighted by Gasteiger charge is 2.34. The summed E-state index contributed by atoms with van der Waals surface area (Å²) in [7, 11) is 0. The van der Waals surface area contributed by atoms with Gasteiger partial charge in [0.2, 0.25) is 0 Å². The number of benzene rings is 1. The molecule has 0 radical (unpaired) electrons. The minimum absolute atomic E-state index is 0.162. The highest BCUT2D eigenvalue weighted by molar-refractivity contribution is 8.01. The lowest BCUT2D eigenvalue weighted by molar-refractivity contribution is -0.139. The van der Waals surface area contributed by atoms with Crippen molar-refractivity contribution in [1.29, 1.82) is 0 Å². The Morgan fingerprint density at radius 2 is 2.14 bits per heavy atom. The lowest BCUT2D eigenvalue weighted by Crippen LogP contribution is -2.16. The lowest BCUT2D eigenvalue weighted by atomic mass is 10.1. The average molecular weight is 331 g/mol. The summed E-state index contributed by atoms with van der Waals surface area (Å²) in [4.78, 5) is 0.162. The topological polar surface area (TPSA) is 37.8 Å². The molecule has 21 heavy (non-hydrogen) atoms. The van der Waals surface area contributed by atoms with Gasteiger partial charge in [0, 0.05) is 17.5 Å². The van der Waals surface area contributed by atoms with Gasteiger partial charge in [-0.25, -0.2) is 0 Å². The zero-order valence-electron chi connectivity index (χ0n) is 10.9. The SMILES string of the molecule is FC(F)(F)c1cc(CNC2CC2)ccc1Sc1nncs1. The number of aromatic nitrogens is 2. The molecular weight excluding hydrogens is 319 g/mol. The van der Waals surface area contributed by atoms with Gasteiger partial charge in [0.15, 0.2) is 4.34 Å². The lowest BCUT2D eigenvalue weighted by Gasteiger charge is -2.13. The Bertz CT molecular complexity index is 610. The van der Waals surface area contributed by atoms with Crippen LogP contribution in [0.5, 0.6) is 0 Å². The zero-order chi connectivity index (χ0) is 14.9. The number of nitrogens with one attached hydrogen (secondary N) is 1. The second-order valence-electron chi connectivity index (χ2n) is 4.79. The third-order valence-corrected chi connectivity index (χ3v) is 4.91. The van der Waals surface area contributed by atoms with Crippen molar-refractivity contribution in [3.05, 3.63) is 34.8 Å². The van der Waals surface area contributed by atoms with Crippen LogP contribution in [0.15, 0.2) is 32.9 Å². The standard InChI is InChI=1S/C13H12F3N3S2/c14-13(15,16)10-5-8(6-17-9-2-3-9)1-4-11(10)21-12-19-18-7-20-12/h1,4-5,7,9,17H,2-3,6H2. The minimum Gasteiger partial charge on any atom is -0.310 e. The molecule has 3 nitrogen and oxygen atoms in total. The van der Waals surface area contributed by atoms with Crippen molar-refractivity contribution < 1.29 is 13.2 Å². The molecule has 2 aromatic rings. The largest absolute Gasteiger partial charge is 0.417 e. The van der Waals surface area contributed by atoms with Gasteiger partial charge in [-0.1, -0.05) is 29.2 Å². The van der Waals surface area contributed by atoms with E-state index in [1.807, 2.05) is 0 Å². The van der Waals surface area contributed by atoms with Gasteiger partial charge in [-0.2, -0.15) is 13.2 Å². The summed E-state index contributed by atoms with van der Waals surface area (Å²) in [5.74, 6) is 0. The van der Waals surface area contributed by atoms with E-state index in [0.717, 1.165) is 24.6 Å². The Balaban J connectivity index is 1.83. The van der Waals surface area contributed by atoms with Crippen molar-refractivity contribution in [2.24, 2.45) is 0 Å². The summed E-state index contributed by atoms with van der Waals surface area (Å²) < 4.78 is 40.1. The van der Waals surface area contributed by atoms with Crippen LogP contribution in [-0.4, -0.2) is 16.2 Å². The fourth-order valence-corrected chi connectivity index (χ4v) is 3.42. The normalized spacial score (nSPS) is 15.4.